The van der Waals surface area contributed by atoms with Gasteiger partial charge in [-0.05, 0) is 43.1 Å². The van der Waals surface area contributed by atoms with Gasteiger partial charge in [0.2, 0.25) is 0 Å². The molecule has 0 heterocycles. The van der Waals surface area contributed by atoms with Crippen molar-refractivity contribution in [1.29, 1.82) is 0 Å². The Kier molecular flexibility index (Phi) is 4.12. The van der Waals surface area contributed by atoms with Crippen LogP contribution in [0, 0.1) is 0 Å². The average molecular weight is 258 g/mol. The lowest BCUT2D eigenvalue weighted by atomic mass is 9.94. The van der Waals surface area contributed by atoms with E-state index in [-0.39, 0.29) is 0 Å². The Hall–Kier alpha value is -0.240. The van der Waals surface area contributed by atoms with Gasteiger partial charge in [-0.3, -0.25) is 0 Å². The molecule has 0 aromatic heterocycles. The monoisotopic (exact) mass is 257 g/mol. The molecule has 1 aromatic carbocycles. The summed E-state index contributed by atoms with van der Waals surface area (Å²) in [5.41, 5.74) is 1.21. The van der Waals surface area contributed by atoms with Crippen molar-refractivity contribution in [3.63, 3.8) is 0 Å². The highest BCUT2D eigenvalue weighted by molar-refractivity contribution is 6.33. The second-order valence-electron chi connectivity index (χ2n) is 4.37. The van der Waals surface area contributed by atoms with Gasteiger partial charge in [0, 0.05) is 22.0 Å². The van der Waals surface area contributed by atoms with E-state index in [9.17, 15) is 0 Å². The molecule has 2 unspecified atom stereocenters. The van der Waals surface area contributed by atoms with Crippen molar-refractivity contribution in [3.8, 4) is 0 Å². The summed E-state index contributed by atoms with van der Waals surface area (Å²) in [5.74, 6) is 0.520. The van der Waals surface area contributed by atoms with Crippen molar-refractivity contribution in [2.75, 3.05) is 6.54 Å². The minimum atomic E-state index is 0.520. The highest BCUT2D eigenvalue weighted by Gasteiger charge is 2.29. The molecule has 1 fully saturated rings. The topological polar surface area (TPSA) is 12.0 Å². The maximum absolute atomic E-state index is 6.26. The number of hydrogen-bond donors (Lipinski definition) is 1. The first kappa shape index (κ1) is 12.2. The average Bonchev–Trinajstić information content (AvgIpc) is 2.70. The van der Waals surface area contributed by atoms with Gasteiger partial charge in [0.05, 0.1) is 0 Å². The summed E-state index contributed by atoms with van der Waals surface area (Å²) in [6, 6.07) is 6.33. The smallest absolute Gasteiger partial charge is 0.0442 e. The maximum atomic E-state index is 6.26. The van der Waals surface area contributed by atoms with E-state index in [0.29, 0.717) is 12.0 Å². The maximum Gasteiger partial charge on any atom is 0.0442 e. The van der Waals surface area contributed by atoms with Gasteiger partial charge in [0.1, 0.15) is 0 Å². The van der Waals surface area contributed by atoms with Gasteiger partial charge in [-0.1, -0.05) is 36.5 Å². The zero-order valence-electron chi connectivity index (χ0n) is 9.47. The molecule has 16 heavy (non-hydrogen) atoms. The normalized spacial score (nSPS) is 24.9. The largest absolute Gasteiger partial charge is 0.314 e. The first-order valence-electron chi connectivity index (χ1n) is 5.90. The summed E-state index contributed by atoms with van der Waals surface area (Å²) in [4.78, 5) is 0. The van der Waals surface area contributed by atoms with E-state index in [0.717, 1.165) is 16.6 Å². The summed E-state index contributed by atoms with van der Waals surface area (Å²) < 4.78 is 0. The van der Waals surface area contributed by atoms with Crippen molar-refractivity contribution in [1.82, 2.24) is 5.32 Å². The molecule has 2 atom stereocenters. The standard InChI is InChI=1S/C13H17Cl2N/c1-2-16-13-5-3-4-10(13)11-8-9(14)6-7-12(11)15/h6-8,10,13,16H,2-5H2,1H3. The number of hydrogen-bond acceptors (Lipinski definition) is 1. The predicted molar refractivity (Wildman–Crippen MR) is 70.5 cm³/mol. The predicted octanol–water partition coefficient (Wildman–Crippen LogP) is 4.24. The molecule has 1 aromatic rings. The van der Waals surface area contributed by atoms with E-state index in [2.05, 4.69) is 12.2 Å². The second kappa shape index (κ2) is 5.39. The first-order chi connectivity index (χ1) is 7.72. The van der Waals surface area contributed by atoms with Crippen molar-refractivity contribution in [3.05, 3.63) is 33.8 Å². The van der Waals surface area contributed by atoms with Crippen LogP contribution in [-0.4, -0.2) is 12.6 Å². The van der Waals surface area contributed by atoms with Crippen LogP contribution in [0.1, 0.15) is 37.7 Å². The van der Waals surface area contributed by atoms with Crippen LogP contribution in [-0.2, 0) is 0 Å². The highest BCUT2D eigenvalue weighted by Crippen LogP contribution is 2.38. The van der Waals surface area contributed by atoms with Crippen LogP contribution >= 0.6 is 23.2 Å². The Bertz CT molecular complexity index is 365. The Balaban J connectivity index is 2.25. The molecule has 1 saturated carbocycles. The van der Waals surface area contributed by atoms with E-state index < -0.39 is 0 Å². The molecule has 88 valence electrons. The molecular weight excluding hydrogens is 241 g/mol. The lowest BCUT2D eigenvalue weighted by molar-refractivity contribution is 0.493. The molecule has 1 aliphatic rings. The number of nitrogens with one attached hydrogen (secondary N) is 1. The third kappa shape index (κ3) is 2.53. The quantitative estimate of drug-likeness (QED) is 0.855. The lowest BCUT2D eigenvalue weighted by Crippen LogP contribution is -2.31. The van der Waals surface area contributed by atoms with E-state index >= 15 is 0 Å². The summed E-state index contributed by atoms with van der Waals surface area (Å²) in [6.07, 6.45) is 3.71. The SMILES string of the molecule is CCNC1CCCC1c1cc(Cl)ccc1Cl. The van der Waals surface area contributed by atoms with Gasteiger partial charge in [0.25, 0.3) is 0 Å². The Morgan fingerprint density at radius 1 is 1.31 bits per heavy atom. The molecule has 0 saturated heterocycles. The molecule has 1 aliphatic carbocycles. The number of likely N-dealkylation sites (N-methyl/N-ethyl adjacent to an activating group) is 1. The summed E-state index contributed by atoms with van der Waals surface area (Å²) in [6.45, 7) is 3.16. The Morgan fingerprint density at radius 2 is 2.12 bits per heavy atom. The molecule has 0 radical (unpaired) electrons. The first-order valence-corrected chi connectivity index (χ1v) is 6.66. The van der Waals surface area contributed by atoms with Gasteiger partial charge in [-0.15, -0.1) is 0 Å². The summed E-state index contributed by atoms with van der Waals surface area (Å²) >= 11 is 12.3. The van der Waals surface area contributed by atoms with Crippen LogP contribution in [0.25, 0.3) is 0 Å². The number of rotatable bonds is 3. The van der Waals surface area contributed by atoms with Crippen LogP contribution in [0.15, 0.2) is 18.2 Å². The molecule has 0 amide bonds. The van der Waals surface area contributed by atoms with Crippen molar-refractivity contribution in [2.24, 2.45) is 0 Å². The van der Waals surface area contributed by atoms with Gasteiger partial charge in [-0.25, -0.2) is 0 Å². The molecule has 1 N–H and O–H groups in total. The molecule has 0 aliphatic heterocycles. The van der Waals surface area contributed by atoms with Crippen molar-refractivity contribution in [2.45, 2.75) is 38.1 Å². The Morgan fingerprint density at radius 3 is 2.88 bits per heavy atom. The molecule has 0 spiro atoms. The third-order valence-electron chi connectivity index (χ3n) is 3.34. The molecule has 2 rings (SSSR count). The van der Waals surface area contributed by atoms with E-state index in [1.165, 1.54) is 24.8 Å². The van der Waals surface area contributed by atoms with Crippen LogP contribution in [0.4, 0.5) is 0 Å². The van der Waals surface area contributed by atoms with Gasteiger partial charge < -0.3 is 5.32 Å². The Labute approximate surface area is 107 Å². The van der Waals surface area contributed by atoms with Gasteiger partial charge >= 0.3 is 0 Å². The van der Waals surface area contributed by atoms with Crippen LogP contribution < -0.4 is 5.32 Å². The van der Waals surface area contributed by atoms with Gasteiger partial charge in [0.15, 0.2) is 0 Å². The van der Waals surface area contributed by atoms with Crippen molar-refractivity contribution < 1.29 is 0 Å². The molecular formula is C13H17Cl2N. The number of halogens is 2. The van der Waals surface area contributed by atoms with Crippen LogP contribution in [0.2, 0.25) is 10.0 Å². The van der Waals surface area contributed by atoms with Gasteiger partial charge in [-0.2, -0.15) is 0 Å². The summed E-state index contributed by atoms with van der Waals surface area (Å²) in [7, 11) is 0. The van der Waals surface area contributed by atoms with E-state index in [4.69, 9.17) is 23.2 Å². The molecule has 3 heteroatoms. The van der Waals surface area contributed by atoms with Crippen LogP contribution in [0.5, 0.6) is 0 Å². The molecule has 1 nitrogen and oxygen atoms in total. The number of benzene rings is 1. The minimum Gasteiger partial charge on any atom is -0.314 e. The lowest BCUT2D eigenvalue weighted by Gasteiger charge is -2.21. The van der Waals surface area contributed by atoms with Crippen LogP contribution in [0.3, 0.4) is 0 Å². The summed E-state index contributed by atoms with van der Waals surface area (Å²) in [5, 5.41) is 5.16. The second-order valence-corrected chi connectivity index (χ2v) is 5.21. The van der Waals surface area contributed by atoms with E-state index in [1.54, 1.807) is 0 Å². The fourth-order valence-corrected chi connectivity index (χ4v) is 3.08. The zero-order valence-corrected chi connectivity index (χ0v) is 11.0. The fourth-order valence-electron chi connectivity index (χ4n) is 2.64. The highest BCUT2D eigenvalue weighted by atomic mass is 35.5. The third-order valence-corrected chi connectivity index (χ3v) is 3.92. The van der Waals surface area contributed by atoms with E-state index in [1.807, 2.05) is 18.2 Å². The molecule has 0 bridgehead atoms. The zero-order chi connectivity index (χ0) is 11.5. The fraction of sp³-hybridized carbons (Fsp3) is 0.538. The van der Waals surface area contributed by atoms with Crippen molar-refractivity contribution >= 4 is 23.2 Å². The minimum absolute atomic E-state index is 0.520.